The van der Waals surface area contributed by atoms with Crippen molar-refractivity contribution >= 4 is 5.91 Å². The van der Waals surface area contributed by atoms with Crippen LogP contribution in [0.25, 0.3) is 0 Å². The van der Waals surface area contributed by atoms with Gasteiger partial charge in [-0.2, -0.15) is 0 Å². The normalized spacial score (nSPS) is 10.6. The van der Waals surface area contributed by atoms with Crippen LogP contribution in [-0.2, 0) is 11.3 Å². The molecule has 0 saturated carbocycles. The van der Waals surface area contributed by atoms with Gasteiger partial charge in [-0.3, -0.25) is 4.79 Å². The zero-order chi connectivity index (χ0) is 12.7. The molecule has 3 heteroatoms. The maximum Gasteiger partial charge on any atom is 0.236 e. The smallest absolute Gasteiger partial charge is 0.236 e. The summed E-state index contributed by atoms with van der Waals surface area (Å²) in [6, 6.07) is 10.0. The van der Waals surface area contributed by atoms with Gasteiger partial charge in [-0.25, -0.2) is 0 Å². The van der Waals surface area contributed by atoms with Crippen LogP contribution >= 0.6 is 0 Å². The van der Waals surface area contributed by atoms with Gasteiger partial charge in [-0.15, -0.1) is 0 Å². The van der Waals surface area contributed by atoms with Gasteiger partial charge in [0, 0.05) is 13.6 Å². The Balaban J connectivity index is 2.32. The summed E-state index contributed by atoms with van der Waals surface area (Å²) in [6.07, 6.45) is 0. The summed E-state index contributed by atoms with van der Waals surface area (Å²) in [5.41, 5.74) is 1.16. The summed E-state index contributed by atoms with van der Waals surface area (Å²) >= 11 is 0. The molecule has 0 heterocycles. The number of carbonyl (C=O) groups excluding carboxylic acids is 1. The third-order valence-electron chi connectivity index (χ3n) is 2.52. The summed E-state index contributed by atoms with van der Waals surface area (Å²) in [5.74, 6) is 0.705. The average molecular weight is 234 g/mol. The first-order chi connectivity index (χ1) is 8.09. The largest absolute Gasteiger partial charge is 0.340 e. The van der Waals surface area contributed by atoms with E-state index in [0.717, 1.165) is 12.1 Å². The third kappa shape index (κ3) is 5.50. The molecule has 1 N–H and O–H groups in total. The summed E-state index contributed by atoms with van der Waals surface area (Å²) in [4.78, 5) is 13.5. The van der Waals surface area contributed by atoms with E-state index in [1.807, 2.05) is 37.4 Å². The summed E-state index contributed by atoms with van der Waals surface area (Å²) in [6.45, 7) is 6.23. The van der Waals surface area contributed by atoms with E-state index in [-0.39, 0.29) is 5.91 Å². The predicted octanol–water partition coefficient (Wildman–Crippen LogP) is 1.89. The molecule has 0 saturated heterocycles. The van der Waals surface area contributed by atoms with Crippen molar-refractivity contribution in [3.63, 3.8) is 0 Å². The molecule has 0 aromatic heterocycles. The molecule has 0 aliphatic rings. The van der Waals surface area contributed by atoms with E-state index in [4.69, 9.17) is 0 Å². The number of rotatable bonds is 6. The first kappa shape index (κ1) is 13.7. The fourth-order valence-electron chi connectivity index (χ4n) is 1.55. The molecule has 0 aliphatic carbocycles. The molecule has 17 heavy (non-hydrogen) atoms. The molecule has 3 nitrogen and oxygen atoms in total. The Kier molecular flexibility index (Phi) is 5.70. The number of likely N-dealkylation sites (N-methyl/N-ethyl adjacent to an activating group) is 1. The van der Waals surface area contributed by atoms with Gasteiger partial charge in [0.2, 0.25) is 5.91 Å². The quantitative estimate of drug-likeness (QED) is 0.815. The first-order valence-electron chi connectivity index (χ1n) is 6.08. The Morgan fingerprint density at radius 2 is 1.94 bits per heavy atom. The van der Waals surface area contributed by atoms with Gasteiger partial charge >= 0.3 is 0 Å². The molecule has 0 fully saturated rings. The molecule has 0 radical (unpaired) electrons. The summed E-state index contributed by atoms with van der Waals surface area (Å²) in [5, 5.41) is 3.16. The standard InChI is InChI=1S/C14H22N2O/c1-12(2)9-15-10-14(17)16(3)11-13-7-5-4-6-8-13/h4-8,12,15H,9-11H2,1-3H3. The Bertz CT molecular complexity index is 335. The molecule has 1 aromatic carbocycles. The highest BCUT2D eigenvalue weighted by Gasteiger charge is 2.08. The lowest BCUT2D eigenvalue weighted by Gasteiger charge is -2.18. The second kappa shape index (κ2) is 7.07. The summed E-state index contributed by atoms with van der Waals surface area (Å²) < 4.78 is 0. The topological polar surface area (TPSA) is 32.3 Å². The Hall–Kier alpha value is -1.35. The van der Waals surface area contributed by atoms with Crippen molar-refractivity contribution in [3.8, 4) is 0 Å². The minimum Gasteiger partial charge on any atom is -0.340 e. The Labute approximate surface area is 104 Å². The van der Waals surface area contributed by atoms with E-state index in [1.165, 1.54) is 0 Å². The lowest BCUT2D eigenvalue weighted by atomic mass is 10.2. The van der Waals surface area contributed by atoms with E-state index < -0.39 is 0 Å². The second-order valence-corrected chi connectivity index (χ2v) is 4.76. The number of nitrogens with zero attached hydrogens (tertiary/aromatic N) is 1. The zero-order valence-corrected chi connectivity index (χ0v) is 10.9. The number of hydrogen-bond acceptors (Lipinski definition) is 2. The zero-order valence-electron chi connectivity index (χ0n) is 10.9. The summed E-state index contributed by atoms with van der Waals surface area (Å²) in [7, 11) is 1.84. The highest BCUT2D eigenvalue weighted by molar-refractivity contribution is 5.77. The molecule has 0 unspecified atom stereocenters. The van der Waals surface area contributed by atoms with E-state index in [0.29, 0.717) is 19.0 Å². The molecule has 94 valence electrons. The van der Waals surface area contributed by atoms with Crippen LogP contribution in [0.2, 0.25) is 0 Å². The maximum absolute atomic E-state index is 11.8. The van der Waals surface area contributed by atoms with Crippen molar-refractivity contribution < 1.29 is 4.79 Å². The van der Waals surface area contributed by atoms with Crippen LogP contribution < -0.4 is 5.32 Å². The van der Waals surface area contributed by atoms with Crippen LogP contribution in [0.4, 0.5) is 0 Å². The number of amides is 1. The van der Waals surface area contributed by atoms with Crippen molar-refractivity contribution in [1.29, 1.82) is 0 Å². The van der Waals surface area contributed by atoms with Gasteiger partial charge in [-0.1, -0.05) is 44.2 Å². The van der Waals surface area contributed by atoms with Crippen LogP contribution in [-0.4, -0.2) is 30.9 Å². The lowest BCUT2D eigenvalue weighted by Crippen LogP contribution is -2.36. The van der Waals surface area contributed by atoms with Crippen LogP contribution in [0.5, 0.6) is 0 Å². The molecule has 0 atom stereocenters. The van der Waals surface area contributed by atoms with Gasteiger partial charge in [0.25, 0.3) is 0 Å². The van der Waals surface area contributed by atoms with Crippen LogP contribution in [0, 0.1) is 5.92 Å². The molecular formula is C14H22N2O. The third-order valence-corrected chi connectivity index (χ3v) is 2.52. The molecule has 0 aliphatic heterocycles. The fraction of sp³-hybridized carbons (Fsp3) is 0.500. The number of benzene rings is 1. The molecular weight excluding hydrogens is 212 g/mol. The lowest BCUT2D eigenvalue weighted by molar-refractivity contribution is -0.129. The maximum atomic E-state index is 11.8. The first-order valence-corrected chi connectivity index (χ1v) is 6.08. The highest BCUT2D eigenvalue weighted by atomic mass is 16.2. The van der Waals surface area contributed by atoms with Gasteiger partial charge < -0.3 is 10.2 Å². The van der Waals surface area contributed by atoms with Crippen LogP contribution in [0.15, 0.2) is 30.3 Å². The molecule has 1 rings (SSSR count). The number of nitrogens with one attached hydrogen (secondary N) is 1. The van der Waals surface area contributed by atoms with Gasteiger partial charge in [0.05, 0.1) is 6.54 Å². The van der Waals surface area contributed by atoms with Gasteiger partial charge in [0.1, 0.15) is 0 Å². The average Bonchev–Trinajstić information content (AvgIpc) is 2.29. The van der Waals surface area contributed by atoms with Crippen molar-refractivity contribution in [2.75, 3.05) is 20.1 Å². The van der Waals surface area contributed by atoms with E-state index in [9.17, 15) is 4.79 Å². The van der Waals surface area contributed by atoms with E-state index in [2.05, 4.69) is 19.2 Å². The minimum atomic E-state index is 0.134. The molecule has 0 bridgehead atoms. The number of carbonyl (C=O) groups is 1. The van der Waals surface area contributed by atoms with Gasteiger partial charge in [0.15, 0.2) is 0 Å². The van der Waals surface area contributed by atoms with Crippen molar-refractivity contribution in [2.24, 2.45) is 5.92 Å². The van der Waals surface area contributed by atoms with Crippen LogP contribution in [0.3, 0.4) is 0 Å². The van der Waals surface area contributed by atoms with Gasteiger partial charge in [-0.05, 0) is 18.0 Å². The van der Waals surface area contributed by atoms with E-state index >= 15 is 0 Å². The van der Waals surface area contributed by atoms with Crippen molar-refractivity contribution in [3.05, 3.63) is 35.9 Å². The van der Waals surface area contributed by atoms with E-state index in [1.54, 1.807) is 4.90 Å². The Morgan fingerprint density at radius 3 is 2.53 bits per heavy atom. The van der Waals surface area contributed by atoms with Crippen molar-refractivity contribution in [2.45, 2.75) is 20.4 Å². The second-order valence-electron chi connectivity index (χ2n) is 4.76. The predicted molar refractivity (Wildman–Crippen MR) is 70.6 cm³/mol. The molecule has 1 amide bonds. The highest BCUT2D eigenvalue weighted by Crippen LogP contribution is 2.02. The SMILES string of the molecule is CC(C)CNCC(=O)N(C)Cc1ccccc1. The monoisotopic (exact) mass is 234 g/mol. The van der Waals surface area contributed by atoms with Crippen molar-refractivity contribution in [1.82, 2.24) is 10.2 Å². The molecule has 1 aromatic rings. The minimum absolute atomic E-state index is 0.134. The number of hydrogen-bond donors (Lipinski definition) is 1. The molecule has 0 spiro atoms. The fourth-order valence-corrected chi connectivity index (χ4v) is 1.55. The Morgan fingerprint density at radius 1 is 1.29 bits per heavy atom. The van der Waals surface area contributed by atoms with Crippen LogP contribution in [0.1, 0.15) is 19.4 Å².